The number of likely N-dealkylation sites (N-methyl/N-ethyl adjacent to an activating group) is 1. The lowest BCUT2D eigenvalue weighted by atomic mass is 10.3. The molecule has 0 fully saturated rings. The number of carbonyl (C=O) groups excluding carboxylic acids is 2. The summed E-state index contributed by atoms with van der Waals surface area (Å²) in [6.45, 7) is -0.0984. The number of halogens is 1. The third-order valence-corrected chi connectivity index (χ3v) is 3.35. The van der Waals surface area contributed by atoms with E-state index in [2.05, 4.69) is 10.9 Å². The number of benzene rings is 2. The Morgan fingerprint density at radius 2 is 1.62 bits per heavy atom. The third kappa shape index (κ3) is 5.81. The molecule has 2 aromatic carbocycles. The molecule has 24 heavy (non-hydrogen) atoms. The molecule has 2 amide bonds. The van der Waals surface area contributed by atoms with Crippen LogP contribution < -0.4 is 20.5 Å². The first-order valence-corrected chi connectivity index (χ1v) is 7.64. The fourth-order valence-corrected chi connectivity index (χ4v) is 2.01. The van der Waals surface area contributed by atoms with Crippen molar-refractivity contribution in [2.75, 3.05) is 25.1 Å². The highest BCUT2D eigenvalue weighted by Crippen LogP contribution is 2.15. The molecule has 0 bridgehead atoms. The molecule has 2 aromatic rings. The van der Waals surface area contributed by atoms with Crippen molar-refractivity contribution in [3.63, 3.8) is 0 Å². The highest BCUT2D eigenvalue weighted by atomic mass is 35.5. The molecule has 6 nitrogen and oxygen atoms in total. The predicted molar refractivity (Wildman–Crippen MR) is 92.9 cm³/mol. The Morgan fingerprint density at radius 3 is 2.29 bits per heavy atom. The Bertz CT molecular complexity index is 677. The summed E-state index contributed by atoms with van der Waals surface area (Å²) < 4.78 is 5.27. The second-order valence-corrected chi connectivity index (χ2v) is 5.47. The molecule has 0 aliphatic carbocycles. The summed E-state index contributed by atoms with van der Waals surface area (Å²) in [7, 11) is 1.79. The first kappa shape index (κ1) is 17.6. The molecule has 2 N–H and O–H groups in total. The molecule has 0 radical (unpaired) electrons. The van der Waals surface area contributed by atoms with Crippen molar-refractivity contribution < 1.29 is 14.3 Å². The number of nitrogens with zero attached hydrogens (tertiary/aromatic N) is 1. The van der Waals surface area contributed by atoms with Gasteiger partial charge in [-0.15, -0.1) is 0 Å². The monoisotopic (exact) mass is 347 g/mol. The van der Waals surface area contributed by atoms with Crippen LogP contribution in [-0.4, -0.2) is 32.0 Å². The second-order valence-electron chi connectivity index (χ2n) is 5.03. The summed E-state index contributed by atoms with van der Waals surface area (Å²) in [5.74, 6) is -0.272. The lowest BCUT2D eigenvalue weighted by Crippen LogP contribution is -2.47. The zero-order valence-electron chi connectivity index (χ0n) is 13.2. The lowest BCUT2D eigenvalue weighted by molar-refractivity contribution is -0.129. The van der Waals surface area contributed by atoms with Gasteiger partial charge in [0.25, 0.3) is 11.8 Å². The Labute approximate surface area is 145 Å². The van der Waals surface area contributed by atoms with Crippen LogP contribution in [0.15, 0.2) is 54.6 Å². The van der Waals surface area contributed by atoms with Crippen LogP contribution in [0.3, 0.4) is 0 Å². The Kier molecular flexibility index (Phi) is 6.45. The fraction of sp³-hybridized carbons (Fsp3) is 0.176. The largest absolute Gasteiger partial charge is 0.484 e. The number of ether oxygens (including phenoxy) is 1. The molecule has 0 saturated heterocycles. The summed E-state index contributed by atoms with van der Waals surface area (Å²) in [5, 5.41) is 0.585. The maximum atomic E-state index is 11.8. The number of rotatable bonds is 6. The van der Waals surface area contributed by atoms with Gasteiger partial charge in [-0.05, 0) is 36.4 Å². The van der Waals surface area contributed by atoms with Gasteiger partial charge in [0.1, 0.15) is 5.75 Å². The smallest absolute Gasteiger partial charge is 0.276 e. The number of hydrogen-bond acceptors (Lipinski definition) is 4. The minimum Gasteiger partial charge on any atom is -0.484 e. The van der Waals surface area contributed by atoms with Crippen molar-refractivity contribution in [1.29, 1.82) is 0 Å². The molecule has 0 aromatic heterocycles. The van der Waals surface area contributed by atoms with E-state index in [1.165, 1.54) is 0 Å². The van der Waals surface area contributed by atoms with Crippen LogP contribution in [0.4, 0.5) is 5.69 Å². The molecule has 0 heterocycles. The van der Waals surface area contributed by atoms with Crippen molar-refractivity contribution in [1.82, 2.24) is 10.9 Å². The van der Waals surface area contributed by atoms with E-state index in [0.717, 1.165) is 5.69 Å². The molecule has 0 saturated carbocycles. The lowest BCUT2D eigenvalue weighted by Gasteiger charge is -2.18. The number of anilines is 1. The number of para-hydroxylation sites is 1. The quantitative estimate of drug-likeness (QED) is 0.784. The Morgan fingerprint density at radius 1 is 1.00 bits per heavy atom. The topological polar surface area (TPSA) is 70.7 Å². The highest BCUT2D eigenvalue weighted by molar-refractivity contribution is 6.30. The number of nitrogens with one attached hydrogen (secondary N) is 2. The van der Waals surface area contributed by atoms with Crippen molar-refractivity contribution in [3.05, 3.63) is 59.6 Å². The first-order chi connectivity index (χ1) is 11.5. The fourth-order valence-electron chi connectivity index (χ4n) is 1.88. The Balaban J connectivity index is 1.69. The molecule has 0 atom stereocenters. The van der Waals surface area contributed by atoms with Gasteiger partial charge in [0.15, 0.2) is 6.61 Å². The molecule has 0 unspecified atom stereocenters. The van der Waals surface area contributed by atoms with Crippen molar-refractivity contribution in [2.45, 2.75) is 0 Å². The molecule has 126 valence electrons. The predicted octanol–water partition coefficient (Wildman–Crippen LogP) is 2.00. The highest BCUT2D eigenvalue weighted by Gasteiger charge is 2.09. The van der Waals surface area contributed by atoms with E-state index >= 15 is 0 Å². The normalized spacial score (nSPS) is 9.92. The molecule has 7 heteroatoms. The van der Waals surface area contributed by atoms with Crippen LogP contribution in [0.5, 0.6) is 5.75 Å². The maximum Gasteiger partial charge on any atom is 0.276 e. The molecular formula is C17H18ClN3O3. The number of carbonyl (C=O) groups is 2. The zero-order chi connectivity index (χ0) is 17.4. The average molecular weight is 348 g/mol. The van der Waals surface area contributed by atoms with Gasteiger partial charge in [-0.25, -0.2) is 0 Å². The third-order valence-electron chi connectivity index (χ3n) is 3.10. The number of amides is 2. The summed E-state index contributed by atoms with van der Waals surface area (Å²) in [6.07, 6.45) is 0. The van der Waals surface area contributed by atoms with Gasteiger partial charge in [-0.2, -0.15) is 0 Å². The van der Waals surface area contributed by atoms with Gasteiger partial charge >= 0.3 is 0 Å². The van der Waals surface area contributed by atoms with Crippen LogP contribution in [0.1, 0.15) is 0 Å². The van der Waals surface area contributed by atoms with E-state index in [1.54, 1.807) is 36.2 Å². The molecule has 0 spiro atoms. The van der Waals surface area contributed by atoms with Crippen molar-refractivity contribution >= 4 is 29.1 Å². The number of hydrazine groups is 1. The van der Waals surface area contributed by atoms with Crippen LogP contribution in [-0.2, 0) is 9.59 Å². The summed E-state index contributed by atoms with van der Waals surface area (Å²) in [4.78, 5) is 25.2. The van der Waals surface area contributed by atoms with Gasteiger partial charge in [0.05, 0.1) is 6.54 Å². The van der Waals surface area contributed by atoms with Gasteiger partial charge in [-0.3, -0.25) is 20.4 Å². The van der Waals surface area contributed by atoms with Crippen LogP contribution in [0.25, 0.3) is 0 Å². The number of hydrogen-bond donors (Lipinski definition) is 2. The van der Waals surface area contributed by atoms with Crippen molar-refractivity contribution in [2.24, 2.45) is 0 Å². The second kappa shape index (κ2) is 8.79. The minimum absolute atomic E-state index is 0.113. The molecule has 0 aliphatic heterocycles. The maximum absolute atomic E-state index is 11.8. The van der Waals surface area contributed by atoms with E-state index in [0.29, 0.717) is 10.8 Å². The van der Waals surface area contributed by atoms with E-state index < -0.39 is 5.91 Å². The summed E-state index contributed by atoms with van der Waals surface area (Å²) in [6, 6.07) is 16.1. The first-order valence-electron chi connectivity index (χ1n) is 7.27. The molecule has 0 aliphatic rings. The molecular weight excluding hydrogens is 330 g/mol. The molecule has 2 rings (SSSR count). The van der Waals surface area contributed by atoms with Crippen molar-refractivity contribution in [3.8, 4) is 5.75 Å². The van der Waals surface area contributed by atoms with E-state index in [4.69, 9.17) is 16.3 Å². The van der Waals surface area contributed by atoms with Crippen LogP contribution in [0.2, 0.25) is 5.02 Å². The Hall–Kier alpha value is -2.73. The average Bonchev–Trinajstić information content (AvgIpc) is 2.60. The van der Waals surface area contributed by atoms with Gasteiger partial charge in [0, 0.05) is 17.8 Å². The van der Waals surface area contributed by atoms with E-state index in [9.17, 15) is 9.59 Å². The van der Waals surface area contributed by atoms with E-state index in [-0.39, 0.29) is 19.1 Å². The SMILES string of the molecule is CN(CC(=O)NNC(=O)COc1ccc(Cl)cc1)c1ccccc1. The van der Waals surface area contributed by atoms with Gasteiger partial charge < -0.3 is 9.64 Å². The zero-order valence-corrected chi connectivity index (χ0v) is 13.9. The summed E-state index contributed by atoms with van der Waals surface area (Å²) >= 11 is 5.76. The van der Waals surface area contributed by atoms with Crippen LogP contribution >= 0.6 is 11.6 Å². The standard InChI is InChI=1S/C17H18ClN3O3/c1-21(14-5-3-2-4-6-14)11-16(22)19-20-17(23)12-24-15-9-7-13(18)8-10-15/h2-10H,11-12H2,1H3,(H,19,22)(H,20,23). The summed E-state index contributed by atoms with van der Waals surface area (Å²) in [5.41, 5.74) is 5.56. The van der Waals surface area contributed by atoms with Crippen LogP contribution in [0, 0.1) is 0 Å². The van der Waals surface area contributed by atoms with E-state index in [1.807, 2.05) is 30.3 Å². The van der Waals surface area contributed by atoms with Gasteiger partial charge in [-0.1, -0.05) is 29.8 Å². The van der Waals surface area contributed by atoms with Gasteiger partial charge in [0.2, 0.25) is 0 Å². The minimum atomic E-state index is -0.458.